The molecule has 1 atom stereocenters. The molecule has 0 saturated carbocycles. The molecule has 2 nitrogen and oxygen atoms in total. The molecular formula is C17H23Cl2NO. The fourth-order valence-corrected chi connectivity index (χ4v) is 2.01. The van der Waals surface area contributed by atoms with Gasteiger partial charge in [0.05, 0.1) is 0 Å². The number of carbonyl (C=O) groups is 1. The number of hydrogen-bond acceptors (Lipinski definition) is 1. The number of rotatable bonds is 7. The lowest BCUT2D eigenvalue weighted by atomic mass is 10.1. The molecule has 1 aromatic rings. The molecule has 0 aliphatic rings. The first-order chi connectivity index (χ1) is 9.88. The van der Waals surface area contributed by atoms with Gasteiger partial charge in [-0.1, -0.05) is 43.7 Å². The number of amides is 1. The van der Waals surface area contributed by atoms with E-state index in [9.17, 15) is 4.79 Å². The number of benzene rings is 1. The molecule has 0 aliphatic carbocycles. The zero-order valence-corrected chi connectivity index (χ0v) is 14.4. The Labute approximate surface area is 137 Å². The third-order valence-corrected chi connectivity index (χ3v) is 3.48. The molecule has 0 N–H and O–H groups in total. The Hall–Kier alpha value is -0.990. The number of allylic oxidation sites excluding steroid dienone is 1. The van der Waals surface area contributed by atoms with Crippen LogP contribution in [0.5, 0.6) is 0 Å². The average Bonchev–Trinajstić information content (AvgIpc) is 2.42. The Bertz CT molecular complexity index is 466. The molecular weight excluding hydrogens is 305 g/mol. The van der Waals surface area contributed by atoms with Crippen LogP contribution < -0.4 is 0 Å². The molecule has 116 valence electrons. The van der Waals surface area contributed by atoms with Gasteiger partial charge in [-0.2, -0.15) is 0 Å². The van der Waals surface area contributed by atoms with Gasteiger partial charge in [-0.15, -0.1) is 11.6 Å². The third-order valence-electron chi connectivity index (χ3n) is 3.08. The summed E-state index contributed by atoms with van der Waals surface area (Å²) in [6, 6.07) is 7.59. The van der Waals surface area contributed by atoms with Gasteiger partial charge in [0.15, 0.2) is 0 Å². The highest BCUT2D eigenvalue weighted by Crippen LogP contribution is 2.13. The van der Waals surface area contributed by atoms with Gasteiger partial charge < -0.3 is 4.90 Å². The summed E-state index contributed by atoms with van der Waals surface area (Å²) < 4.78 is 0. The van der Waals surface area contributed by atoms with Gasteiger partial charge in [0.25, 0.3) is 0 Å². The highest BCUT2D eigenvalue weighted by atomic mass is 35.5. The minimum Gasteiger partial charge on any atom is -0.335 e. The van der Waals surface area contributed by atoms with Crippen molar-refractivity contribution in [3.05, 3.63) is 47.0 Å². The molecule has 1 aromatic carbocycles. The predicted octanol–water partition coefficient (Wildman–Crippen LogP) is 4.90. The van der Waals surface area contributed by atoms with E-state index in [0.717, 1.165) is 18.5 Å². The molecule has 0 fully saturated rings. The van der Waals surface area contributed by atoms with E-state index in [1.807, 2.05) is 36.1 Å². The number of nitrogens with zero attached hydrogens (tertiary/aromatic N) is 1. The van der Waals surface area contributed by atoms with Gasteiger partial charge in [0.2, 0.25) is 5.91 Å². The normalized spacial score (nSPS) is 12.9. The molecule has 1 rings (SSSR count). The van der Waals surface area contributed by atoms with Crippen molar-refractivity contribution >= 4 is 29.1 Å². The molecule has 4 heteroatoms. The maximum absolute atomic E-state index is 12.3. The quantitative estimate of drug-likeness (QED) is 0.515. The fraction of sp³-hybridized carbons (Fsp3) is 0.471. The summed E-state index contributed by atoms with van der Waals surface area (Å²) in [5.41, 5.74) is 1.07. The molecule has 0 aromatic heterocycles. The van der Waals surface area contributed by atoms with Gasteiger partial charge in [0.1, 0.15) is 0 Å². The van der Waals surface area contributed by atoms with E-state index in [2.05, 4.69) is 13.8 Å². The van der Waals surface area contributed by atoms with Gasteiger partial charge in [-0.05, 0) is 37.0 Å². The van der Waals surface area contributed by atoms with E-state index >= 15 is 0 Å². The molecule has 21 heavy (non-hydrogen) atoms. The Kier molecular flexibility index (Phi) is 7.84. The second-order valence-corrected chi connectivity index (χ2v) is 6.73. The molecule has 0 aliphatic heterocycles. The standard InChI is InChI=1S/C17H23Cl2NO/c1-13(2)10-11-20(17(21)9-4-14(3)18)12-15-5-7-16(19)8-6-15/h4-9,13-14H,10-12H2,1-3H3/b9-4+. The fourth-order valence-electron chi connectivity index (χ4n) is 1.81. The smallest absolute Gasteiger partial charge is 0.246 e. The third kappa shape index (κ3) is 7.54. The van der Waals surface area contributed by atoms with Crippen molar-refractivity contribution in [2.45, 2.75) is 39.1 Å². The van der Waals surface area contributed by atoms with Gasteiger partial charge in [-0.25, -0.2) is 0 Å². The first-order valence-corrected chi connectivity index (χ1v) is 8.05. The summed E-state index contributed by atoms with van der Waals surface area (Å²) in [6.07, 6.45) is 4.26. The van der Waals surface area contributed by atoms with Crippen LogP contribution in [0.2, 0.25) is 5.02 Å². The van der Waals surface area contributed by atoms with Crippen LogP contribution in [0, 0.1) is 5.92 Å². The second-order valence-electron chi connectivity index (χ2n) is 5.61. The lowest BCUT2D eigenvalue weighted by molar-refractivity contribution is -0.126. The number of carbonyl (C=O) groups excluding carboxylic acids is 1. The van der Waals surface area contributed by atoms with E-state index in [4.69, 9.17) is 23.2 Å². The maximum Gasteiger partial charge on any atom is 0.246 e. The van der Waals surface area contributed by atoms with Crippen LogP contribution in [0.25, 0.3) is 0 Å². The SMILES string of the molecule is CC(Cl)/C=C/C(=O)N(CCC(C)C)Cc1ccc(Cl)cc1. The molecule has 0 spiro atoms. The Morgan fingerprint density at radius 2 is 1.86 bits per heavy atom. The maximum atomic E-state index is 12.3. The summed E-state index contributed by atoms with van der Waals surface area (Å²) in [7, 11) is 0. The number of halogens is 2. The van der Waals surface area contributed by atoms with Crippen molar-refractivity contribution in [3.63, 3.8) is 0 Å². The van der Waals surface area contributed by atoms with Crippen molar-refractivity contribution < 1.29 is 4.79 Å². The van der Waals surface area contributed by atoms with Crippen LogP contribution in [0.15, 0.2) is 36.4 Å². The number of alkyl halides is 1. The predicted molar refractivity (Wildman–Crippen MR) is 90.8 cm³/mol. The molecule has 1 unspecified atom stereocenters. The summed E-state index contributed by atoms with van der Waals surface area (Å²) in [4.78, 5) is 14.1. The van der Waals surface area contributed by atoms with Gasteiger partial charge in [0, 0.05) is 29.6 Å². The van der Waals surface area contributed by atoms with Crippen LogP contribution in [-0.4, -0.2) is 22.7 Å². The Morgan fingerprint density at radius 1 is 1.24 bits per heavy atom. The van der Waals surface area contributed by atoms with Gasteiger partial charge in [-0.3, -0.25) is 4.79 Å². The summed E-state index contributed by atoms with van der Waals surface area (Å²) in [6.45, 7) is 7.47. The molecule has 1 amide bonds. The minimum atomic E-state index is -0.142. The number of hydrogen-bond donors (Lipinski definition) is 0. The van der Waals surface area contributed by atoms with Crippen molar-refractivity contribution in [1.82, 2.24) is 4.90 Å². The van der Waals surface area contributed by atoms with E-state index in [-0.39, 0.29) is 11.3 Å². The average molecular weight is 328 g/mol. The molecule has 0 heterocycles. The van der Waals surface area contributed by atoms with Crippen molar-refractivity contribution in [2.24, 2.45) is 5.92 Å². The minimum absolute atomic E-state index is 0.00176. The van der Waals surface area contributed by atoms with Crippen LogP contribution in [0.3, 0.4) is 0 Å². The van der Waals surface area contributed by atoms with Gasteiger partial charge >= 0.3 is 0 Å². The molecule has 0 bridgehead atoms. The summed E-state index contributed by atoms with van der Waals surface area (Å²) in [5, 5.41) is 0.561. The summed E-state index contributed by atoms with van der Waals surface area (Å²) in [5.74, 6) is 0.555. The zero-order chi connectivity index (χ0) is 15.8. The van der Waals surface area contributed by atoms with Crippen molar-refractivity contribution in [1.29, 1.82) is 0 Å². The lowest BCUT2D eigenvalue weighted by Gasteiger charge is -2.22. The first-order valence-electron chi connectivity index (χ1n) is 7.24. The van der Waals surface area contributed by atoms with E-state index < -0.39 is 0 Å². The topological polar surface area (TPSA) is 20.3 Å². The monoisotopic (exact) mass is 327 g/mol. The van der Waals surface area contributed by atoms with Crippen molar-refractivity contribution in [2.75, 3.05) is 6.54 Å². The highest BCUT2D eigenvalue weighted by molar-refractivity contribution is 6.30. The lowest BCUT2D eigenvalue weighted by Crippen LogP contribution is -2.30. The van der Waals surface area contributed by atoms with E-state index in [1.165, 1.54) is 0 Å². The first kappa shape index (κ1) is 18.1. The second kappa shape index (κ2) is 9.11. The van der Waals surface area contributed by atoms with E-state index in [0.29, 0.717) is 17.5 Å². The Morgan fingerprint density at radius 3 is 2.38 bits per heavy atom. The highest BCUT2D eigenvalue weighted by Gasteiger charge is 2.12. The summed E-state index contributed by atoms with van der Waals surface area (Å²) >= 11 is 11.8. The van der Waals surface area contributed by atoms with Crippen molar-refractivity contribution in [3.8, 4) is 0 Å². The molecule has 0 saturated heterocycles. The van der Waals surface area contributed by atoms with Crippen LogP contribution in [-0.2, 0) is 11.3 Å². The van der Waals surface area contributed by atoms with Crippen LogP contribution >= 0.6 is 23.2 Å². The largest absolute Gasteiger partial charge is 0.335 e. The van der Waals surface area contributed by atoms with Crippen LogP contribution in [0.1, 0.15) is 32.8 Å². The molecule has 0 radical (unpaired) electrons. The Balaban J connectivity index is 2.75. The van der Waals surface area contributed by atoms with E-state index in [1.54, 1.807) is 12.2 Å². The van der Waals surface area contributed by atoms with Crippen LogP contribution in [0.4, 0.5) is 0 Å². The zero-order valence-electron chi connectivity index (χ0n) is 12.9.